The fourth-order valence-corrected chi connectivity index (χ4v) is 4.23. The molecule has 0 aliphatic carbocycles. The Morgan fingerprint density at radius 1 is 1.36 bits per heavy atom. The second-order valence-corrected chi connectivity index (χ2v) is 9.42. The van der Waals surface area contributed by atoms with E-state index in [0.29, 0.717) is 36.6 Å². The van der Waals surface area contributed by atoms with Gasteiger partial charge in [-0.2, -0.15) is 5.10 Å². The van der Waals surface area contributed by atoms with Gasteiger partial charge in [0, 0.05) is 68.6 Å². The summed E-state index contributed by atoms with van der Waals surface area (Å²) in [6, 6.07) is 6.93. The molecule has 0 unspecified atom stereocenters. The summed E-state index contributed by atoms with van der Waals surface area (Å²) in [7, 11) is 1.63. The van der Waals surface area contributed by atoms with Crippen LogP contribution < -0.4 is 5.32 Å². The average Bonchev–Trinajstić information content (AvgIpc) is 3.28. The van der Waals surface area contributed by atoms with Gasteiger partial charge in [-0.3, -0.25) is 19.6 Å². The van der Waals surface area contributed by atoms with E-state index in [0.717, 1.165) is 24.2 Å². The lowest BCUT2D eigenvalue weighted by molar-refractivity contribution is -0.137. The molecule has 2 aliphatic heterocycles. The van der Waals surface area contributed by atoms with Gasteiger partial charge in [0.1, 0.15) is 0 Å². The van der Waals surface area contributed by atoms with Gasteiger partial charge in [-0.05, 0) is 32.0 Å². The van der Waals surface area contributed by atoms with Crippen LogP contribution in [0.15, 0.2) is 24.3 Å². The quantitative estimate of drug-likeness (QED) is 0.509. The van der Waals surface area contributed by atoms with Crippen molar-refractivity contribution in [2.24, 2.45) is 0 Å². The minimum atomic E-state index is -1.67. The van der Waals surface area contributed by atoms with Crippen molar-refractivity contribution in [3.63, 3.8) is 0 Å². The Morgan fingerprint density at radius 3 is 2.85 bits per heavy atom. The normalized spacial score (nSPS) is 20.9. The Labute approximate surface area is 192 Å². The number of hydrogen-bond donors (Lipinski definition) is 4. The molecule has 1 saturated heterocycles. The number of aromatic amines is 1. The highest BCUT2D eigenvalue weighted by Crippen LogP contribution is 2.24. The molecule has 1 aromatic heterocycles. The van der Waals surface area contributed by atoms with E-state index in [1.807, 2.05) is 0 Å². The van der Waals surface area contributed by atoms with E-state index in [4.69, 9.17) is 0 Å². The molecule has 0 spiro atoms. The molecule has 2 aliphatic rings. The number of H-pyrrole nitrogens is 1. The maximum Gasteiger partial charge on any atom is 0.276 e. The van der Waals surface area contributed by atoms with E-state index in [1.54, 1.807) is 45.2 Å². The average molecular weight is 452 g/mol. The molecule has 33 heavy (non-hydrogen) atoms. The number of rotatable bonds is 4. The predicted octanol–water partition coefficient (Wildman–Crippen LogP) is 0.736. The van der Waals surface area contributed by atoms with Crippen LogP contribution in [0.1, 0.15) is 47.6 Å². The molecule has 4 N–H and O–H groups in total. The summed E-state index contributed by atoms with van der Waals surface area (Å²) in [4.78, 5) is 28.6. The van der Waals surface area contributed by atoms with Gasteiger partial charge in [-0.15, -0.1) is 0 Å². The third-order valence-corrected chi connectivity index (χ3v) is 5.88. The number of likely N-dealkylation sites (tertiary alicyclic amines) is 1. The zero-order valence-corrected chi connectivity index (χ0v) is 19.1. The maximum absolute atomic E-state index is 13.0. The fourth-order valence-electron chi connectivity index (χ4n) is 4.23. The van der Waals surface area contributed by atoms with E-state index in [9.17, 15) is 19.8 Å². The van der Waals surface area contributed by atoms with Crippen LogP contribution in [0.3, 0.4) is 0 Å². The van der Waals surface area contributed by atoms with Crippen LogP contribution in [0, 0.1) is 11.8 Å². The van der Waals surface area contributed by atoms with Crippen LogP contribution in [0.2, 0.25) is 0 Å². The van der Waals surface area contributed by atoms with Gasteiger partial charge in [0.15, 0.2) is 5.69 Å². The minimum Gasteiger partial charge on any atom is -0.389 e. The van der Waals surface area contributed by atoms with Gasteiger partial charge >= 0.3 is 0 Å². The SMILES string of the molecule is CN1CC[C@@](O)(C#Cc2cccc(NC(=O)c3n[nH]c4c3CN(CC(C)(C)O)CC4)c2)C1=O. The van der Waals surface area contributed by atoms with Crippen molar-refractivity contribution in [1.29, 1.82) is 0 Å². The van der Waals surface area contributed by atoms with Gasteiger partial charge in [-0.25, -0.2) is 0 Å². The number of nitrogens with one attached hydrogen (secondary N) is 2. The lowest BCUT2D eigenvalue weighted by Crippen LogP contribution is -2.41. The van der Waals surface area contributed by atoms with Crippen molar-refractivity contribution < 1.29 is 19.8 Å². The second-order valence-electron chi connectivity index (χ2n) is 9.42. The predicted molar refractivity (Wildman–Crippen MR) is 122 cm³/mol. The summed E-state index contributed by atoms with van der Waals surface area (Å²) in [6.07, 6.45) is 0.994. The number of carbonyl (C=O) groups is 2. The number of likely N-dealkylation sites (N-methyl/N-ethyl adjacent to an activating group) is 1. The maximum atomic E-state index is 13.0. The zero-order chi connectivity index (χ0) is 23.8. The summed E-state index contributed by atoms with van der Waals surface area (Å²) in [6.45, 7) is 5.81. The molecular formula is C24H29N5O4. The van der Waals surface area contributed by atoms with Crippen LogP contribution >= 0.6 is 0 Å². The number of β-amino-alcohol motifs (C(OH)–C–C–N with tert-alkyl or cyclic N) is 1. The van der Waals surface area contributed by atoms with Crippen molar-refractivity contribution in [3.8, 4) is 11.8 Å². The molecule has 0 saturated carbocycles. The molecule has 0 bridgehead atoms. The first-order valence-corrected chi connectivity index (χ1v) is 11.0. The van der Waals surface area contributed by atoms with E-state index in [-0.39, 0.29) is 12.3 Å². The number of hydrogen-bond acceptors (Lipinski definition) is 6. The first kappa shape index (κ1) is 23.0. The molecule has 2 aromatic rings. The van der Waals surface area contributed by atoms with Gasteiger partial charge in [0.25, 0.3) is 11.8 Å². The number of amides is 2. The fraction of sp³-hybridized carbons (Fsp3) is 0.458. The molecule has 174 valence electrons. The second kappa shape index (κ2) is 8.63. The molecule has 1 fully saturated rings. The van der Waals surface area contributed by atoms with E-state index < -0.39 is 17.1 Å². The lowest BCUT2D eigenvalue weighted by Gasteiger charge is -2.31. The summed E-state index contributed by atoms with van der Waals surface area (Å²) in [5.74, 6) is 4.80. The van der Waals surface area contributed by atoms with E-state index >= 15 is 0 Å². The van der Waals surface area contributed by atoms with Crippen LogP contribution in [-0.2, 0) is 17.8 Å². The number of aliphatic hydroxyl groups is 2. The summed E-state index contributed by atoms with van der Waals surface area (Å²) in [5, 5.41) is 30.7. The molecule has 1 aromatic carbocycles. The number of anilines is 1. The first-order chi connectivity index (χ1) is 15.5. The Balaban J connectivity index is 1.48. The number of benzene rings is 1. The summed E-state index contributed by atoms with van der Waals surface area (Å²) < 4.78 is 0. The topological polar surface area (TPSA) is 122 Å². The van der Waals surface area contributed by atoms with Crippen molar-refractivity contribution in [2.75, 3.05) is 32.0 Å². The van der Waals surface area contributed by atoms with Gasteiger partial charge in [0.2, 0.25) is 5.60 Å². The van der Waals surface area contributed by atoms with Crippen molar-refractivity contribution in [1.82, 2.24) is 20.0 Å². The van der Waals surface area contributed by atoms with Crippen LogP contribution in [0.25, 0.3) is 0 Å². The van der Waals surface area contributed by atoms with Crippen molar-refractivity contribution in [2.45, 2.75) is 44.4 Å². The molecule has 0 radical (unpaired) electrons. The molecule has 1 atom stereocenters. The van der Waals surface area contributed by atoms with Gasteiger partial charge in [0.05, 0.1) is 5.60 Å². The monoisotopic (exact) mass is 451 g/mol. The van der Waals surface area contributed by atoms with Crippen LogP contribution in [-0.4, -0.2) is 79.9 Å². The third kappa shape index (κ3) is 5.09. The minimum absolute atomic E-state index is 0.264. The summed E-state index contributed by atoms with van der Waals surface area (Å²) >= 11 is 0. The van der Waals surface area contributed by atoms with Gasteiger partial charge in [-0.1, -0.05) is 17.9 Å². The molecule has 4 rings (SSSR count). The number of carbonyl (C=O) groups excluding carboxylic acids is 2. The molecule has 9 nitrogen and oxygen atoms in total. The smallest absolute Gasteiger partial charge is 0.276 e. The molecule has 9 heteroatoms. The molecule has 3 heterocycles. The Kier molecular flexibility index (Phi) is 6.01. The number of nitrogens with zero attached hydrogens (tertiary/aromatic N) is 3. The standard InChI is InChI=1S/C24H29N5O4/c1-23(2,32)15-29-11-8-19-18(14-29)20(27-26-19)21(30)25-17-6-4-5-16(13-17)7-9-24(33)10-12-28(3)22(24)31/h4-6,13,32-33H,8,10-12,14-15H2,1-3H3,(H,25,30)(H,26,27)/t24-/m0/s1. The molecular weight excluding hydrogens is 422 g/mol. The number of aromatic nitrogens is 2. The zero-order valence-electron chi connectivity index (χ0n) is 19.1. The van der Waals surface area contributed by atoms with Gasteiger partial charge < -0.3 is 20.4 Å². The third-order valence-electron chi connectivity index (χ3n) is 5.88. The summed E-state index contributed by atoms with van der Waals surface area (Å²) in [5.41, 5.74) is 0.721. The lowest BCUT2D eigenvalue weighted by atomic mass is 10.0. The Bertz CT molecular complexity index is 1140. The Morgan fingerprint density at radius 2 is 2.15 bits per heavy atom. The van der Waals surface area contributed by atoms with E-state index in [1.165, 1.54) is 4.90 Å². The number of fused-ring (bicyclic) bond motifs is 1. The van der Waals surface area contributed by atoms with Crippen LogP contribution in [0.5, 0.6) is 0 Å². The molecule has 2 amide bonds. The Hall–Kier alpha value is -3.19. The highest BCUT2D eigenvalue weighted by Gasteiger charge is 2.42. The van der Waals surface area contributed by atoms with Crippen molar-refractivity contribution in [3.05, 3.63) is 46.8 Å². The van der Waals surface area contributed by atoms with Crippen molar-refractivity contribution >= 4 is 17.5 Å². The largest absolute Gasteiger partial charge is 0.389 e. The first-order valence-electron chi connectivity index (χ1n) is 11.0. The highest BCUT2D eigenvalue weighted by molar-refractivity contribution is 6.04. The van der Waals surface area contributed by atoms with Crippen LogP contribution in [0.4, 0.5) is 5.69 Å². The highest BCUT2D eigenvalue weighted by atomic mass is 16.3. The van der Waals surface area contributed by atoms with E-state index in [2.05, 4.69) is 32.3 Å².